The van der Waals surface area contributed by atoms with Crippen molar-refractivity contribution in [2.45, 2.75) is 43.7 Å². The summed E-state index contributed by atoms with van der Waals surface area (Å²) in [5.74, 6) is -20.8. The van der Waals surface area contributed by atoms with E-state index in [1.54, 1.807) is 6.92 Å². The standard InChI is InChI=1S/C12H14F9NO/c1-3-5-6-22(8(23)4-2)7-9(13,14)10(15,16)11(17,18)12(19,20)21/h4H,2-3,5-7H2,1H3. The maximum absolute atomic E-state index is 13.4. The van der Waals surface area contributed by atoms with E-state index in [-0.39, 0.29) is 11.3 Å². The highest BCUT2D eigenvalue weighted by atomic mass is 19.4. The molecule has 0 heterocycles. The maximum atomic E-state index is 13.4. The summed E-state index contributed by atoms with van der Waals surface area (Å²) in [5.41, 5.74) is 0. The molecule has 0 unspecified atom stereocenters. The average molecular weight is 359 g/mol. The molecule has 0 saturated carbocycles. The predicted molar refractivity (Wildman–Crippen MR) is 62.6 cm³/mol. The van der Waals surface area contributed by atoms with Crippen molar-refractivity contribution in [3.05, 3.63) is 12.7 Å². The van der Waals surface area contributed by atoms with Crippen LogP contribution in [-0.4, -0.2) is 47.8 Å². The SMILES string of the molecule is C=CC(=O)N(CCCC)CC(F)(F)C(F)(F)C(F)(F)C(F)(F)F. The second-order valence-electron chi connectivity index (χ2n) is 4.67. The maximum Gasteiger partial charge on any atom is 0.460 e. The lowest BCUT2D eigenvalue weighted by atomic mass is 10.0. The molecule has 0 radical (unpaired) electrons. The van der Waals surface area contributed by atoms with Gasteiger partial charge in [-0.15, -0.1) is 0 Å². The molecule has 23 heavy (non-hydrogen) atoms. The molecule has 0 aliphatic rings. The van der Waals surface area contributed by atoms with Crippen molar-refractivity contribution in [3.8, 4) is 0 Å². The van der Waals surface area contributed by atoms with Gasteiger partial charge in [-0.3, -0.25) is 4.79 Å². The van der Waals surface area contributed by atoms with E-state index < -0.39 is 42.9 Å². The number of carbonyl (C=O) groups is 1. The second kappa shape index (κ2) is 7.00. The molecule has 0 spiro atoms. The first-order valence-electron chi connectivity index (χ1n) is 6.27. The average Bonchev–Trinajstić information content (AvgIpc) is 2.40. The Morgan fingerprint density at radius 3 is 1.83 bits per heavy atom. The van der Waals surface area contributed by atoms with Crippen LogP contribution in [0.5, 0.6) is 0 Å². The lowest BCUT2D eigenvalue weighted by Gasteiger charge is -2.36. The number of amides is 1. The fourth-order valence-electron chi connectivity index (χ4n) is 1.49. The van der Waals surface area contributed by atoms with Crippen molar-refractivity contribution >= 4 is 5.91 Å². The molecule has 0 aromatic carbocycles. The van der Waals surface area contributed by atoms with E-state index in [9.17, 15) is 44.3 Å². The molecule has 0 aliphatic heterocycles. The molecule has 11 heteroatoms. The number of hydrogen-bond donors (Lipinski definition) is 0. The summed E-state index contributed by atoms with van der Waals surface area (Å²) in [6, 6.07) is 0. The zero-order valence-electron chi connectivity index (χ0n) is 11.9. The molecule has 0 saturated heterocycles. The predicted octanol–water partition coefficient (Wildman–Crippen LogP) is 4.27. The van der Waals surface area contributed by atoms with Crippen molar-refractivity contribution < 1.29 is 44.3 Å². The minimum atomic E-state index is -6.96. The summed E-state index contributed by atoms with van der Waals surface area (Å²) in [6.07, 6.45) is -6.03. The summed E-state index contributed by atoms with van der Waals surface area (Å²) < 4.78 is 114. The van der Waals surface area contributed by atoms with Crippen molar-refractivity contribution in [2.75, 3.05) is 13.1 Å². The molecule has 136 valence electrons. The molecule has 0 bridgehead atoms. The van der Waals surface area contributed by atoms with E-state index in [1.165, 1.54) is 0 Å². The molecule has 0 atom stereocenters. The van der Waals surface area contributed by atoms with Gasteiger partial charge in [-0.1, -0.05) is 19.9 Å². The Kier molecular flexibility index (Phi) is 6.56. The number of rotatable bonds is 8. The fraction of sp³-hybridized carbons (Fsp3) is 0.750. The van der Waals surface area contributed by atoms with E-state index in [4.69, 9.17) is 0 Å². The van der Waals surface area contributed by atoms with Gasteiger partial charge < -0.3 is 4.90 Å². The summed E-state index contributed by atoms with van der Waals surface area (Å²) in [5, 5.41) is 0. The first-order valence-corrected chi connectivity index (χ1v) is 6.27. The largest absolute Gasteiger partial charge is 0.460 e. The summed E-state index contributed by atoms with van der Waals surface area (Å²) in [4.78, 5) is 11.3. The zero-order valence-corrected chi connectivity index (χ0v) is 11.9. The minimum Gasteiger partial charge on any atom is -0.333 e. The smallest absolute Gasteiger partial charge is 0.333 e. The molecule has 2 nitrogen and oxygen atoms in total. The third-order valence-corrected chi connectivity index (χ3v) is 2.87. The van der Waals surface area contributed by atoms with Gasteiger partial charge in [0.05, 0.1) is 6.54 Å². The van der Waals surface area contributed by atoms with Crippen LogP contribution in [0.2, 0.25) is 0 Å². The topological polar surface area (TPSA) is 20.3 Å². The molecular weight excluding hydrogens is 345 g/mol. The Morgan fingerprint density at radius 2 is 1.48 bits per heavy atom. The van der Waals surface area contributed by atoms with Gasteiger partial charge in [-0.25, -0.2) is 0 Å². The van der Waals surface area contributed by atoms with Gasteiger partial charge in [-0.05, 0) is 12.5 Å². The van der Waals surface area contributed by atoms with Crippen LogP contribution < -0.4 is 0 Å². The molecule has 0 N–H and O–H groups in total. The van der Waals surface area contributed by atoms with Crippen LogP contribution in [0, 0.1) is 0 Å². The van der Waals surface area contributed by atoms with Crippen LogP contribution in [0.4, 0.5) is 39.5 Å². The van der Waals surface area contributed by atoms with Crippen molar-refractivity contribution in [1.29, 1.82) is 0 Å². The van der Waals surface area contributed by atoms with Gasteiger partial charge in [0.1, 0.15) is 0 Å². The Morgan fingerprint density at radius 1 is 1.00 bits per heavy atom. The molecule has 0 aliphatic carbocycles. The molecular formula is C12H14F9NO. The number of halogens is 9. The Labute approximate surface area is 125 Å². The number of carbonyl (C=O) groups excluding carboxylic acids is 1. The van der Waals surface area contributed by atoms with Gasteiger partial charge in [0.2, 0.25) is 5.91 Å². The van der Waals surface area contributed by atoms with Gasteiger partial charge in [0, 0.05) is 6.54 Å². The van der Waals surface area contributed by atoms with Crippen LogP contribution >= 0.6 is 0 Å². The van der Waals surface area contributed by atoms with Gasteiger partial charge in [0.25, 0.3) is 0 Å². The number of hydrogen-bond acceptors (Lipinski definition) is 1. The van der Waals surface area contributed by atoms with Crippen LogP contribution in [-0.2, 0) is 4.79 Å². The molecule has 0 rings (SSSR count). The first-order chi connectivity index (χ1) is 10.2. The number of unbranched alkanes of at least 4 members (excludes halogenated alkanes) is 1. The molecule has 1 amide bonds. The number of nitrogens with zero attached hydrogens (tertiary/aromatic N) is 1. The Bertz CT molecular complexity index is 431. The van der Waals surface area contributed by atoms with Crippen molar-refractivity contribution in [1.82, 2.24) is 4.90 Å². The summed E-state index contributed by atoms with van der Waals surface area (Å²) in [6.45, 7) is 1.66. The summed E-state index contributed by atoms with van der Waals surface area (Å²) >= 11 is 0. The number of alkyl halides is 9. The van der Waals surface area contributed by atoms with E-state index in [1.807, 2.05) is 0 Å². The first kappa shape index (κ1) is 21.6. The van der Waals surface area contributed by atoms with Crippen LogP contribution in [0.25, 0.3) is 0 Å². The van der Waals surface area contributed by atoms with Gasteiger partial charge in [-0.2, -0.15) is 39.5 Å². The normalized spacial score (nSPS) is 13.8. The van der Waals surface area contributed by atoms with E-state index in [2.05, 4.69) is 6.58 Å². The van der Waals surface area contributed by atoms with E-state index in [0.29, 0.717) is 12.5 Å². The fourth-order valence-corrected chi connectivity index (χ4v) is 1.49. The van der Waals surface area contributed by atoms with Crippen molar-refractivity contribution in [3.63, 3.8) is 0 Å². The van der Waals surface area contributed by atoms with Gasteiger partial charge >= 0.3 is 23.9 Å². The van der Waals surface area contributed by atoms with Crippen LogP contribution in [0.15, 0.2) is 12.7 Å². The quantitative estimate of drug-likeness (QED) is 0.468. The van der Waals surface area contributed by atoms with Crippen LogP contribution in [0.1, 0.15) is 19.8 Å². The highest BCUT2D eigenvalue weighted by Crippen LogP contribution is 2.53. The molecule has 0 aromatic heterocycles. The third kappa shape index (κ3) is 4.31. The minimum absolute atomic E-state index is 0.0524. The summed E-state index contributed by atoms with van der Waals surface area (Å²) in [7, 11) is 0. The lowest BCUT2D eigenvalue weighted by Crippen LogP contribution is -2.63. The highest BCUT2D eigenvalue weighted by Gasteiger charge is 2.81. The van der Waals surface area contributed by atoms with Crippen molar-refractivity contribution in [2.24, 2.45) is 0 Å². The third-order valence-electron chi connectivity index (χ3n) is 2.87. The van der Waals surface area contributed by atoms with Gasteiger partial charge in [0.15, 0.2) is 0 Å². The zero-order chi connectivity index (χ0) is 18.7. The van der Waals surface area contributed by atoms with Crippen LogP contribution in [0.3, 0.4) is 0 Å². The highest BCUT2D eigenvalue weighted by molar-refractivity contribution is 5.87. The Balaban J connectivity index is 5.57. The second-order valence-corrected chi connectivity index (χ2v) is 4.67. The Hall–Kier alpha value is -1.42. The molecule has 0 fully saturated rings. The monoisotopic (exact) mass is 359 g/mol. The molecule has 0 aromatic rings. The van der Waals surface area contributed by atoms with E-state index in [0.717, 1.165) is 0 Å². The van der Waals surface area contributed by atoms with E-state index >= 15 is 0 Å². The lowest BCUT2D eigenvalue weighted by molar-refractivity contribution is -0.396.